The SMILES string of the molecule is O=C(O)c1ccccc1OCCN1CCC(OC(c2ccccc2)c2ccc(Cl)cc2)CC1. The maximum Gasteiger partial charge on any atom is 0.339 e. The second-order valence-corrected chi connectivity index (χ2v) is 8.61. The molecule has 1 fully saturated rings. The predicted molar refractivity (Wildman–Crippen MR) is 129 cm³/mol. The topological polar surface area (TPSA) is 59.0 Å². The van der Waals surface area contributed by atoms with Gasteiger partial charge in [-0.25, -0.2) is 4.79 Å². The van der Waals surface area contributed by atoms with Crippen LogP contribution in [0.4, 0.5) is 0 Å². The predicted octanol–water partition coefficient (Wildman–Crippen LogP) is 5.69. The summed E-state index contributed by atoms with van der Waals surface area (Å²) >= 11 is 6.09. The Hall–Kier alpha value is -2.86. The minimum atomic E-state index is -0.975. The highest BCUT2D eigenvalue weighted by Gasteiger charge is 2.25. The van der Waals surface area contributed by atoms with Crippen LogP contribution < -0.4 is 4.74 Å². The summed E-state index contributed by atoms with van der Waals surface area (Å²) in [5, 5.41) is 10.00. The van der Waals surface area contributed by atoms with Crippen LogP contribution in [0, 0.1) is 0 Å². The van der Waals surface area contributed by atoms with E-state index < -0.39 is 5.97 Å². The molecule has 1 heterocycles. The maximum absolute atomic E-state index is 11.3. The lowest BCUT2D eigenvalue weighted by molar-refractivity contribution is -0.0282. The van der Waals surface area contributed by atoms with Gasteiger partial charge < -0.3 is 14.6 Å². The summed E-state index contributed by atoms with van der Waals surface area (Å²) in [7, 11) is 0. The van der Waals surface area contributed by atoms with Crippen LogP contribution >= 0.6 is 11.6 Å². The number of carboxylic acid groups (broad SMARTS) is 1. The molecule has 1 atom stereocenters. The summed E-state index contributed by atoms with van der Waals surface area (Å²) in [5.74, 6) is -0.561. The van der Waals surface area contributed by atoms with Gasteiger partial charge in [-0.1, -0.05) is 66.2 Å². The molecule has 3 aromatic carbocycles. The van der Waals surface area contributed by atoms with Gasteiger partial charge in [0.1, 0.15) is 24.0 Å². The van der Waals surface area contributed by atoms with Gasteiger partial charge in [-0.2, -0.15) is 0 Å². The average molecular weight is 466 g/mol. The first kappa shape index (κ1) is 23.3. The van der Waals surface area contributed by atoms with Gasteiger partial charge in [-0.05, 0) is 48.2 Å². The van der Waals surface area contributed by atoms with Crippen molar-refractivity contribution in [2.75, 3.05) is 26.2 Å². The first-order valence-electron chi connectivity index (χ1n) is 11.2. The lowest BCUT2D eigenvalue weighted by atomic mass is 10.00. The fourth-order valence-electron chi connectivity index (χ4n) is 4.13. The van der Waals surface area contributed by atoms with Gasteiger partial charge in [-0.15, -0.1) is 0 Å². The van der Waals surface area contributed by atoms with Crippen molar-refractivity contribution in [2.45, 2.75) is 25.0 Å². The molecule has 1 aliphatic heterocycles. The summed E-state index contributed by atoms with van der Waals surface area (Å²) in [6.45, 7) is 3.03. The highest BCUT2D eigenvalue weighted by molar-refractivity contribution is 6.30. The molecule has 6 heteroatoms. The van der Waals surface area contributed by atoms with Gasteiger partial charge in [0, 0.05) is 24.7 Å². The second-order valence-electron chi connectivity index (χ2n) is 8.17. The molecule has 172 valence electrons. The molecule has 0 saturated carbocycles. The molecule has 1 saturated heterocycles. The van der Waals surface area contributed by atoms with E-state index in [0.29, 0.717) is 17.4 Å². The number of benzene rings is 3. The van der Waals surface area contributed by atoms with Crippen LogP contribution in [0.5, 0.6) is 5.75 Å². The third kappa shape index (κ3) is 6.35. The van der Waals surface area contributed by atoms with Crippen molar-refractivity contribution < 1.29 is 19.4 Å². The Morgan fingerprint density at radius 1 is 0.939 bits per heavy atom. The number of hydrogen-bond donors (Lipinski definition) is 1. The number of ether oxygens (including phenoxy) is 2. The van der Waals surface area contributed by atoms with Gasteiger partial charge in [0.05, 0.1) is 6.10 Å². The molecule has 0 bridgehead atoms. The fourth-order valence-corrected chi connectivity index (χ4v) is 4.26. The first-order chi connectivity index (χ1) is 16.1. The minimum absolute atomic E-state index is 0.129. The van der Waals surface area contributed by atoms with Crippen LogP contribution in [0.15, 0.2) is 78.9 Å². The zero-order valence-electron chi connectivity index (χ0n) is 18.4. The monoisotopic (exact) mass is 465 g/mol. The molecule has 0 amide bonds. The molecule has 1 unspecified atom stereocenters. The van der Waals surface area contributed by atoms with Crippen molar-refractivity contribution in [3.8, 4) is 5.75 Å². The van der Waals surface area contributed by atoms with Crippen LogP contribution in [0.3, 0.4) is 0 Å². The van der Waals surface area contributed by atoms with Gasteiger partial charge in [-0.3, -0.25) is 4.90 Å². The van der Waals surface area contributed by atoms with Crippen molar-refractivity contribution in [1.82, 2.24) is 4.90 Å². The van der Waals surface area contributed by atoms with Gasteiger partial charge in [0.25, 0.3) is 0 Å². The molecule has 0 spiro atoms. The summed E-state index contributed by atoms with van der Waals surface area (Å²) < 4.78 is 12.4. The number of para-hydroxylation sites is 1. The molecule has 0 aromatic heterocycles. The van der Waals surface area contributed by atoms with E-state index in [0.717, 1.165) is 43.6 Å². The van der Waals surface area contributed by atoms with Crippen molar-refractivity contribution in [1.29, 1.82) is 0 Å². The van der Waals surface area contributed by atoms with E-state index in [1.54, 1.807) is 24.3 Å². The number of hydrogen-bond acceptors (Lipinski definition) is 4. The van der Waals surface area contributed by atoms with Crippen LogP contribution in [-0.4, -0.2) is 48.3 Å². The Labute approximate surface area is 199 Å². The standard InChI is InChI=1S/C27H28ClNO4/c28-22-12-10-21(11-13-22)26(20-6-2-1-3-7-20)33-23-14-16-29(17-15-23)18-19-32-25-9-5-4-8-24(25)27(30)31/h1-13,23,26H,14-19H2,(H,30,31). The summed E-state index contributed by atoms with van der Waals surface area (Å²) in [6.07, 6.45) is 1.90. The molecule has 1 aliphatic rings. The van der Waals surface area contributed by atoms with E-state index in [1.165, 1.54) is 0 Å². The number of aromatic carboxylic acids is 1. The molecule has 3 aromatic rings. The minimum Gasteiger partial charge on any atom is -0.491 e. The Bertz CT molecular complexity index is 1030. The molecular weight excluding hydrogens is 438 g/mol. The molecule has 0 aliphatic carbocycles. The highest BCUT2D eigenvalue weighted by Crippen LogP contribution is 2.30. The van der Waals surface area contributed by atoms with Crippen molar-refractivity contribution >= 4 is 17.6 Å². The lowest BCUT2D eigenvalue weighted by Gasteiger charge is -2.34. The summed E-state index contributed by atoms with van der Waals surface area (Å²) in [4.78, 5) is 13.7. The zero-order chi connectivity index (χ0) is 23.0. The van der Waals surface area contributed by atoms with Crippen molar-refractivity contribution in [3.63, 3.8) is 0 Å². The molecular formula is C27H28ClNO4. The van der Waals surface area contributed by atoms with E-state index in [9.17, 15) is 9.90 Å². The van der Waals surface area contributed by atoms with Crippen LogP contribution in [0.2, 0.25) is 5.02 Å². The Morgan fingerprint density at radius 2 is 1.58 bits per heavy atom. The largest absolute Gasteiger partial charge is 0.491 e. The Morgan fingerprint density at radius 3 is 2.27 bits per heavy atom. The number of carbonyl (C=O) groups is 1. The number of carboxylic acids is 1. The third-order valence-electron chi connectivity index (χ3n) is 5.92. The molecule has 0 radical (unpaired) electrons. The fraction of sp³-hybridized carbons (Fsp3) is 0.296. The summed E-state index contributed by atoms with van der Waals surface area (Å²) in [6, 6.07) is 24.9. The van der Waals surface area contributed by atoms with Crippen LogP contribution in [0.1, 0.15) is 40.4 Å². The summed E-state index contributed by atoms with van der Waals surface area (Å²) in [5.41, 5.74) is 2.42. The first-order valence-corrected chi connectivity index (χ1v) is 11.6. The average Bonchev–Trinajstić information content (AvgIpc) is 2.85. The number of rotatable bonds is 9. The van der Waals surface area contributed by atoms with E-state index >= 15 is 0 Å². The number of halogens is 1. The van der Waals surface area contributed by atoms with Crippen molar-refractivity contribution in [2.24, 2.45) is 0 Å². The number of piperidine rings is 1. The molecule has 33 heavy (non-hydrogen) atoms. The van der Waals surface area contributed by atoms with Gasteiger partial charge >= 0.3 is 5.97 Å². The van der Waals surface area contributed by atoms with Crippen LogP contribution in [-0.2, 0) is 4.74 Å². The van der Waals surface area contributed by atoms with E-state index in [-0.39, 0.29) is 17.8 Å². The molecule has 4 rings (SSSR count). The van der Waals surface area contributed by atoms with Crippen molar-refractivity contribution in [3.05, 3.63) is 101 Å². The van der Waals surface area contributed by atoms with E-state index in [1.807, 2.05) is 42.5 Å². The third-order valence-corrected chi connectivity index (χ3v) is 6.17. The molecule has 5 nitrogen and oxygen atoms in total. The number of likely N-dealkylation sites (tertiary alicyclic amines) is 1. The normalized spacial score (nSPS) is 15.8. The van der Waals surface area contributed by atoms with E-state index in [2.05, 4.69) is 17.0 Å². The van der Waals surface area contributed by atoms with Gasteiger partial charge in [0.15, 0.2) is 0 Å². The van der Waals surface area contributed by atoms with Crippen LogP contribution in [0.25, 0.3) is 0 Å². The Balaban J connectivity index is 1.30. The molecule has 1 N–H and O–H groups in total. The number of nitrogens with zero attached hydrogens (tertiary/aromatic N) is 1. The second kappa shape index (κ2) is 11.3. The van der Waals surface area contributed by atoms with E-state index in [4.69, 9.17) is 21.1 Å². The quantitative estimate of drug-likeness (QED) is 0.440. The van der Waals surface area contributed by atoms with Gasteiger partial charge in [0.2, 0.25) is 0 Å². The smallest absolute Gasteiger partial charge is 0.339 e. The zero-order valence-corrected chi connectivity index (χ0v) is 19.2. The lowest BCUT2D eigenvalue weighted by Crippen LogP contribution is -2.39. The maximum atomic E-state index is 11.3. The highest BCUT2D eigenvalue weighted by atomic mass is 35.5. The Kier molecular flexibility index (Phi) is 8.00.